The van der Waals surface area contributed by atoms with Gasteiger partial charge in [0.1, 0.15) is 5.75 Å². The third kappa shape index (κ3) is 4.15. The Bertz CT molecular complexity index is 433. The van der Waals surface area contributed by atoms with E-state index in [-0.39, 0.29) is 0 Å². The van der Waals surface area contributed by atoms with Crippen LogP contribution in [0.1, 0.15) is 17.5 Å². The molecule has 1 aromatic carbocycles. The van der Waals surface area contributed by atoms with E-state index in [1.54, 1.807) is 13.2 Å². The van der Waals surface area contributed by atoms with E-state index in [1.807, 2.05) is 24.3 Å². The summed E-state index contributed by atoms with van der Waals surface area (Å²) >= 11 is 0. The fourth-order valence-electron chi connectivity index (χ4n) is 1.51. The van der Waals surface area contributed by atoms with Gasteiger partial charge in [0, 0.05) is 6.08 Å². The highest BCUT2D eigenvalue weighted by atomic mass is 16.5. The first-order chi connectivity index (χ1) is 8.17. The number of carboxylic acid groups (broad SMARTS) is 1. The van der Waals surface area contributed by atoms with Gasteiger partial charge in [-0.2, -0.15) is 0 Å². The van der Waals surface area contributed by atoms with Gasteiger partial charge in [0.15, 0.2) is 0 Å². The van der Waals surface area contributed by atoms with Crippen LogP contribution in [-0.4, -0.2) is 18.2 Å². The molecule has 0 aliphatic carbocycles. The summed E-state index contributed by atoms with van der Waals surface area (Å²) in [5, 5.41) is 8.61. The van der Waals surface area contributed by atoms with Crippen LogP contribution in [0, 0.1) is 0 Å². The molecule has 0 bridgehead atoms. The lowest BCUT2D eigenvalue weighted by molar-refractivity contribution is -0.131. The van der Waals surface area contributed by atoms with Crippen LogP contribution in [0.15, 0.2) is 36.9 Å². The number of carboxylic acids is 1. The molecule has 0 saturated heterocycles. The molecule has 1 rings (SSSR count). The van der Waals surface area contributed by atoms with Crippen molar-refractivity contribution in [3.63, 3.8) is 0 Å². The summed E-state index contributed by atoms with van der Waals surface area (Å²) < 4.78 is 5.15. The Hall–Kier alpha value is -2.03. The topological polar surface area (TPSA) is 46.5 Å². The third-order valence-corrected chi connectivity index (χ3v) is 2.37. The second-order valence-corrected chi connectivity index (χ2v) is 3.56. The first kappa shape index (κ1) is 13.0. The Kier molecular flexibility index (Phi) is 5.01. The molecular formula is C14H16O3. The van der Waals surface area contributed by atoms with E-state index in [2.05, 4.69) is 6.58 Å². The molecule has 0 heterocycles. The van der Waals surface area contributed by atoms with Gasteiger partial charge in [-0.3, -0.25) is 0 Å². The summed E-state index contributed by atoms with van der Waals surface area (Å²) in [5.74, 6) is -0.174. The molecule has 0 aromatic heterocycles. The van der Waals surface area contributed by atoms with Gasteiger partial charge >= 0.3 is 5.97 Å². The molecule has 0 fully saturated rings. The van der Waals surface area contributed by atoms with Crippen LogP contribution in [0.2, 0.25) is 0 Å². The molecule has 90 valence electrons. The molecule has 3 nitrogen and oxygen atoms in total. The predicted octanol–water partition coefficient (Wildman–Crippen LogP) is 2.91. The molecule has 0 aliphatic rings. The Balaban J connectivity index is 3.00. The second-order valence-electron chi connectivity index (χ2n) is 3.56. The Morgan fingerprint density at radius 3 is 2.88 bits per heavy atom. The fourth-order valence-corrected chi connectivity index (χ4v) is 1.51. The van der Waals surface area contributed by atoms with Crippen LogP contribution in [0.25, 0.3) is 6.08 Å². The van der Waals surface area contributed by atoms with E-state index in [1.165, 1.54) is 0 Å². The van der Waals surface area contributed by atoms with Gasteiger partial charge in [0.05, 0.1) is 7.11 Å². The number of aryl methyl sites for hydroxylation is 1. The number of rotatable bonds is 6. The SMILES string of the molecule is C=CCCc1cc(OC)ccc1C=CC(=O)O. The normalized spacial score (nSPS) is 10.4. The zero-order valence-corrected chi connectivity index (χ0v) is 9.85. The molecule has 1 aromatic rings. The van der Waals surface area contributed by atoms with E-state index < -0.39 is 5.97 Å². The lowest BCUT2D eigenvalue weighted by atomic mass is 10.0. The molecule has 1 N–H and O–H groups in total. The quantitative estimate of drug-likeness (QED) is 0.606. The molecule has 0 amide bonds. The zero-order valence-electron chi connectivity index (χ0n) is 9.85. The van der Waals surface area contributed by atoms with Gasteiger partial charge in [-0.25, -0.2) is 4.79 Å². The Morgan fingerprint density at radius 2 is 2.29 bits per heavy atom. The smallest absolute Gasteiger partial charge is 0.328 e. The van der Waals surface area contributed by atoms with Crippen LogP contribution in [0.5, 0.6) is 5.75 Å². The average Bonchev–Trinajstić information content (AvgIpc) is 2.34. The van der Waals surface area contributed by atoms with Gasteiger partial charge in [-0.15, -0.1) is 6.58 Å². The predicted molar refractivity (Wildman–Crippen MR) is 68.2 cm³/mol. The molecule has 3 heteroatoms. The van der Waals surface area contributed by atoms with Crippen molar-refractivity contribution >= 4 is 12.0 Å². The standard InChI is InChI=1S/C14H16O3/c1-3-4-5-12-10-13(17-2)8-6-11(12)7-9-14(15)16/h3,6-10H,1,4-5H2,2H3,(H,15,16). The van der Waals surface area contributed by atoms with Crippen molar-refractivity contribution in [1.29, 1.82) is 0 Å². The van der Waals surface area contributed by atoms with E-state index in [4.69, 9.17) is 9.84 Å². The van der Waals surface area contributed by atoms with Crippen molar-refractivity contribution in [1.82, 2.24) is 0 Å². The molecule has 0 spiro atoms. The van der Waals surface area contributed by atoms with E-state index in [9.17, 15) is 4.79 Å². The lowest BCUT2D eigenvalue weighted by Gasteiger charge is -2.07. The van der Waals surface area contributed by atoms with Crippen molar-refractivity contribution in [3.8, 4) is 5.75 Å². The van der Waals surface area contributed by atoms with Crippen LogP contribution in [-0.2, 0) is 11.2 Å². The van der Waals surface area contributed by atoms with Crippen molar-refractivity contribution in [3.05, 3.63) is 48.1 Å². The number of hydrogen-bond acceptors (Lipinski definition) is 2. The fraction of sp³-hybridized carbons (Fsp3) is 0.214. The summed E-state index contributed by atoms with van der Waals surface area (Å²) in [7, 11) is 1.61. The number of ether oxygens (including phenoxy) is 1. The van der Waals surface area contributed by atoms with Gasteiger partial charge in [-0.05, 0) is 42.2 Å². The first-order valence-corrected chi connectivity index (χ1v) is 5.36. The summed E-state index contributed by atoms with van der Waals surface area (Å²) in [5.41, 5.74) is 1.96. The van der Waals surface area contributed by atoms with Crippen molar-refractivity contribution in [2.45, 2.75) is 12.8 Å². The highest BCUT2D eigenvalue weighted by molar-refractivity contribution is 5.85. The number of allylic oxidation sites excluding steroid dienone is 1. The number of methoxy groups -OCH3 is 1. The molecule has 17 heavy (non-hydrogen) atoms. The highest BCUT2D eigenvalue weighted by Gasteiger charge is 2.02. The molecule has 0 radical (unpaired) electrons. The van der Waals surface area contributed by atoms with Crippen LogP contribution >= 0.6 is 0 Å². The summed E-state index contributed by atoms with van der Waals surface area (Å²) in [6.45, 7) is 3.68. The number of carbonyl (C=O) groups is 1. The second kappa shape index (κ2) is 6.53. The van der Waals surface area contributed by atoms with Crippen LogP contribution in [0.4, 0.5) is 0 Å². The van der Waals surface area contributed by atoms with Crippen molar-refractivity contribution in [2.75, 3.05) is 7.11 Å². The maximum atomic E-state index is 10.5. The van der Waals surface area contributed by atoms with E-state index in [0.717, 1.165) is 35.8 Å². The lowest BCUT2D eigenvalue weighted by Crippen LogP contribution is -1.93. The number of benzene rings is 1. The molecule has 0 unspecified atom stereocenters. The average molecular weight is 232 g/mol. The molecule has 0 saturated carbocycles. The van der Waals surface area contributed by atoms with Gasteiger partial charge in [-0.1, -0.05) is 12.1 Å². The van der Waals surface area contributed by atoms with E-state index in [0.29, 0.717) is 0 Å². The minimum absolute atomic E-state index is 0.775. The minimum atomic E-state index is -0.949. The maximum Gasteiger partial charge on any atom is 0.328 e. The number of aliphatic carboxylic acids is 1. The van der Waals surface area contributed by atoms with Crippen LogP contribution < -0.4 is 4.74 Å². The van der Waals surface area contributed by atoms with Crippen molar-refractivity contribution < 1.29 is 14.6 Å². The maximum absolute atomic E-state index is 10.5. The van der Waals surface area contributed by atoms with Gasteiger partial charge in [0.2, 0.25) is 0 Å². The molecule has 0 aliphatic heterocycles. The first-order valence-electron chi connectivity index (χ1n) is 5.36. The summed E-state index contributed by atoms with van der Waals surface area (Å²) in [6.07, 6.45) is 6.24. The molecular weight excluding hydrogens is 216 g/mol. The van der Waals surface area contributed by atoms with Crippen molar-refractivity contribution in [2.24, 2.45) is 0 Å². The summed E-state index contributed by atoms with van der Waals surface area (Å²) in [4.78, 5) is 10.5. The highest BCUT2D eigenvalue weighted by Crippen LogP contribution is 2.20. The summed E-state index contributed by atoms with van der Waals surface area (Å²) in [6, 6.07) is 5.60. The van der Waals surface area contributed by atoms with Gasteiger partial charge in [0.25, 0.3) is 0 Å². The largest absolute Gasteiger partial charge is 0.497 e. The van der Waals surface area contributed by atoms with Gasteiger partial charge < -0.3 is 9.84 Å². The third-order valence-electron chi connectivity index (χ3n) is 2.37. The monoisotopic (exact) mass is 232 g/mol. The Morgan fingerprint density at radius 1 is 1.53 bits per heavy atom. The molecule has 0 atom stereocenters. The van der Waals surface area contributed by atoms with Crippen LogP contribution in [0.3, 0.4) is 0 Å². The number of hydrogen-bond donors (Lipinski definition) is 1. The minimum Gasteiger partial charge on any atom is -0.497 e. The Labute approximate surface area is 101 Å². The van der Waals surface area contributed by atoms with E-state index >= 15 is 0 Å². The zero-order chi connectivity index (χ0) is 12.7.